The zero-order valence-electron chi connectivity index (χ0n) is 14.8. The monoisotopic (exact) mass is 400 g/mol. The Morgan fingerprint density at radius 2 is 1.89 bits per heavy atom. The first-order chi connectivity index (χ1) is 13.4. The number of hydrogen-bond donors (Lipinski definition) is 3. The molecule has 144 valence electrons. The molecule has 9 heteroatoms. The fourth-order valence-electron chi connectivity index (χ4n) is 2.38. The number of aromatic hydroxyl groups is 1. The summed E-state index contributed by atoms with van der Waals surface area (Å²) in [5, 5.41) is 22.3. The number of rotatable bonds is 5. The standard InChI is InChI=1S/C19H17FN4O3S/c1-11(12-2-8-15(25)9-3-12)23-24-19-22-18(27)16(28-19)10-17(26)21-14-6-4-13(20)5-7-14/h2-9,16,25H,10H2,1H3,(H,21,26)(H,22,24,27)/b23-11+/t16-/m0/s1. The minimum Gasteiger partial charge on any atom is -0.508 e. The Morgan fingerprint density at radius 1 is 1.21 bits per heavy atom. The predicted molar refractivity (Wildman–Crippen MR) is 107 cm³/mol. The van der Waals surface area contributed by atoms with Gasteiger partial charge in [-0.3, -0.25) is 9.59 Å². The van der Waals surface area contributed by atoms with Crippen molar-refractivity contribution in [1.29, 1.82) is 0 Å². The van der Waals surface area contributed by atoms with Crippen molar-refractivity contribution >= 4 is 40.1 Å². The number of phenols is 1. The number of carbonyl (C=O) groups is 2. The van der Waals surface area contributed by atoms with Crippen LogP contribution in [0.2, 0.25) is 0 Å². The SMILES string of the molecule is C/C(=N\N=C1/NC(=O)[C@H](CC(=O)Nc2ccc(F)cc2)S1)c1ccc(O)cc1. The number of hydrogen-bond acceptors (Lipinski definition) is 6. The van der Waals surface area contributed by atoms with Crippen LogP contribution in [0.4, 0.5) is 10.1 Å². The smallest absolute Gasteiger partial charge is 0.240 e. The number of anilines is 1. The van der Waals surface area contributed by atoms with E-state index >= 15 is 0 Å². The molecule has 0 unspecified atom stereocenters. The third kappa shape index (κ3) is 5.17. The number of amides is 2. The van der Waals surface area contributed by atoms with Gasteiger partial charge in [-0.25, -0.2) is 4.39 Å². The largest absolute Gasteiger partial charge is 0.508 e. The highest BCUT2D eigenvalue weighted by atomic mass is 32.2. The number of phenolic OH excluding ortho intramolecular Hbond substituents is 1. The normalized spacial score (nSPS) is 18.2. The summed E-state index contributed by atoms with van der Waals surface area (Å²) in [7, 11) is 0. The molecular formula is C19H17FN4O3S. The minimum absolute atomic E-state index is 0.0481. The molecule has 0 radical (unpaired) electrons. The lowest BCUT2D eigenvalue weighted by Crippen LogP contribution is -2.28. The Bertz CT molecular complexity index is 943. The molecule has 1 heterocycles. The van der Waals surface area contributed by atoms with Crippen LogP contribution in [-0.2, 0) is 9.59 Å². The van der Waals surface area contributed by atoms with Gasteiger partial charge in [0.1, 0.15) is 16.8 Å². The molecule has 1 fully saturated rings. The van der Waals surface area contributed by atoms with Crippen molar-refractivity contribution in [2.24, 2.45) is 10.2 Å². The van der Waals surface area contributed by atoms with E-state index in [1.165, 1.54) is 24.3 Å². The van der Waals surface area contributed by atoms with Crippen LogP contribution >= 0.6 is 11.8 Å². The van der Waals surface area contributed by atoms with Crippen molar-refractivity contribution < 1.29 is 19.1 Å². The molecule has 1 saturated heterocycles. The lowest BCUT2D eigenvalue weighted by atomic mass is 10.1. The van der Waals surface area contributed by atoms with Crippen LogP contribution in [0.5, 0.6) is 5.75 Å². The molecule has 2 aromatic carbocycles. The van der Waals surface area contributed by atoms with Gasteiger partial charge < -0.3 is 15.7 Å². The van der Waals surface area contributed by atoms with Crippen LogP contribution in [-0.4, -0.2) is 33.1 Å². The molecule has 0 saturated carbocycles. The van der Waals surface area contributed by atoms with Crippen molar-refractivity contribution in [1.82, 2.24) is 5.32 Å². The first-order valence-corrected chi connectivity index (χ1v) is 9.23. The second kappa shape index (κ2) is 8.66. The molecule has 1 aliphatic heterocycles. The van der Waals surface area contributed by atoms with E-state index < -0.39 is 11.1 Å². The van der Waals surface area contributed by atoms with Gasteiger partial charge in [0.25, 0.3) is 0 Å². The Labute approximate surface area is 164 Å². The van der Waals surface area contributed by atoms with E-state index in [-0.39, 0.29) is 24.0 Å². The molecule has 0 bridgehead atoms. The summed E-state index contributed by atoms with van der Waals surface area (Å²) in [6, 6.07) is 11.9. The van der Waals surface area contributed by atoms with E-state index in [0.717, 1.165) is 17.3 Å². The van der Waals surface area contributed by atoms with Crippen LogP contribution in [0.3, 0.4) is 0 Å². The van der Waals surface area contributed by atoms with Crippen LogP contribution < -0.4 is 10.6 Å². The van der Waals surface area contributed by atoms with Gasteiger partial charge in [0.2, 0.25) is 11.8 Å². The predicted octanol–water partition coefficient (Wildman–Crippen LogP) is 2.87. The van der Waals surface area contributed by atoms with Gasteiger partial charge in [-0.1, -0.05) is 11.8 Å². The summed E-state index contributed by atoms with van der Waals surface area (Å²) in [4.78, 5) is 24.1. The van der Waals surface area contributed by atoms with E-state index in [4.69, 9.17) is 0 Å². The average Bonchev–Trinajstić information content (AvgIpc) is 3.01. The first kappa shape index (κ1) is 19.6. The molecule has 1 atom stereocenters. The average molecular weight is 400 g/mol. The highest BCUT2D eigenvalue weighted by Crippen LogP contribution is 2.23. The molecule has 3 rings (SSSR count). The quantitative estimate of drug-likeness (QED) is 0.530. The number of thioether (sulfide) groups is 1. The minimum atomic E-state index is -0.622. The summed E-state index contributed by atoms with van der Waals surface area (Å²) in [5.74, 6) is -0.921. The molecule has 1 aliphatic rings. The Kier molecular flexibility index (Phi) is 6.05. The molecule has 0 aliphatic carbocycles. The third-order valence-corrected chi connectivity index (χ3v) is 4.92. The van der Waals surface area contributed by atoms with E-state index in [1.54, 1.807) is 31.2 Å². The topological polar surface area (TPSA) is 103 Å². The van der Waals surface area contributed by atoms with Crippen molar-refractivity contribution in [3.8, 4) is 5.75 Å². The van der Waals surface area contributed by atoms with Gasteiger partial charge in [0.15, 0.2) is 5.17 Å². The van der Waals surface area contributed by atoms with Crippen molar-refractivity contribution in [2.75, 3.05) is 5.32 Å². The third-order valence-electron chi connectivity index (χ3n) is 3.85. The van der Waals surface area contributed by atoms with E-state index in [9.17, 15) is 19.1 Å². The molecule has 2 amide bonds. The Morgan fingerprint density at radius 3 is 2.57 bits per heavy atom. The van der Waals surface area contributed by atoms with Crippen LogP contribution in [0.25, 0.3) is 0 Å². The van der Waals surface area contributed by atoms with Gasteiger partial charge in [-0.05, 0) is 61.0 Å². The molecular weight excluding hydrogens is 383 g/mol. The second-order valence-electron chi connectivity index (χ2n) is 5.99. The summed E-state index contributed by atoms with van der Waals surface area (Å²) in [6.07, 6.45) is -0.0481. The number of nitrogens with zero attached hydrogens (tertiary/aromatic N) is 2. The maximum absolute atomic E-state index is 12.9. The fourth-order valence-corrected chi connectivity index (χ4v) is 3.30. The Balaban J connectivity index is 1.58. The van der Waals surface area contributed by atoms with Gasteiger partial charge in [-0.15, -0.1) is 5.10 Å². The fraction of sp³-hybridized carbons (Fsp3) is 0.158. The number of carbonyl (C=O) groups excluding carboxylic acids is 2. The second-order valence-corrected chi connectivity index (χ2v) is 7.18. The number of halogens is 1. The maximum Gasteiger partial charge on any atom is 0.240 e. The summed E-state index contributed by atoms with van der Waals surface area (Å²) in [5.41, 5.74) is 1.85. The van der Waals surface area contributed by atoms with Gasteiger partial charge in [-0.2, -0.15) is 5.10 Å². The molecule has 0 spiro atoms. The van der Waals surface area contributed by atoms with Crippen molar-refractivity contribution in [3.63, 3.8) is 0 Å². The molecule has 2 aromatic rings. The van der Waals surface area contributed by atoms with E-state index in [2.05, 4.69) is 20.8 Å². The van der Waals surface area contributed by atoms with Crippen molar-refractivity contribution in [3.05, 3.63) is 59.9 Å². The lowest BCUT2D eigenvalue weighted by Gasteiger charge is -2.07. The number of amidine groups is 1. The molecule has 7 nitrogen and oxygen atoms in total. The maximum atomic E-state index is 12.9. The van der Waals surface area contributed by atoms with Crippen molar-refractivity contribution in [2.45, 2.75) is 18.6 Å². The molecule has 3 N–H and O–H groups in total. The van der Waals surface area contributed by atoms with E-state index in [0.29, 0.717) is 16.6 Å². The number of nitrogens with one attached hydrogen (secondary N) is 2. The van der Waals surface area contributed by atoms with Crippen LogP contribution in [0.15, 0.2) is 58.7 Å². The number of benzene rings is 2. The summed E-state index contributed by atoms with van der Waals surface area (Å²) >= 11 is 1.12. The Hall–Kier alpha value is -3.20. The van der Waals surface area contributed by atoms with E-state index in [1.807, 2.05) is 0 Å². The summed E-state index contributed by atoms with van der Waals surface area (Å²) in [6.45, 7) is 1.76. The summed E-state index contributed by atoms with van der Waals surface area (Å²) < 4.78 is 12.9. The zero-order valence-corrected chi connectivity index (χ0v) is 15.7. The van der Waals surface area contributed by atoms with Gasteiger partial charge in [0.05, 0.1) is 5.71 Å². The van der Waals surface area contributed by atoms with Crippen LogP contribution in [0.1, 0.15) is 18.9 Å². The lowest BCUT2D eigenvalue weighted by molar-refractivity contribution is -0.122. The highest BCUT2D eigenvalue weighted by Gasteiger charge is 2.32. The molecule has 28 heavy (non-hydrogen) atoms. The zero-order chi connectivity index (χ0) is 20.1. The first-order valence-electron chi connectivity index (χ1n) is 8.35. The molecule has 0 aromatic heterocycles. The van der Waals surface area contributed by atoms with Crippen LogP contribution in [0, 0.1) is 5.82 Å². The van der Waals surface area contributed by atoms with Gasteiger partial charge >= 0.3 is 0 Å². The highest BCUT2D eigenvalue weighted by molar-refractivity contribution is 8.15. The van der Waals surface area contributed by atoms with Gasteiger partial charge in [0, 0.05) is 12.1 Å².